The Balaban J connectivity index is 1.72. The standard InChI is InChI=1S/C24H21FIN3O4/c1-3-33-23(31)20-19-21(29(27-20)18-9-8-16(32-2)12-17(18)25)22(30)28(13-24(19)10-11-24)15-6-4-14(26)5-7-15/h4-9,12H,3,10-11,13H2,1-2H3. The van der Waals surface area contributed by atoms with E-state index in [9.17, 15) is 9.59 Å². The molecule has 1 aliphatic heterocycles. The highest BCUT2D eigenvalue weighted by molar-refractivity contribution is 14.1. The number of hydrogen-bond acceptors (Lipinski definition) is 5. The van der Waals surface area contributed by atoms with Gasteiger partial charge in [-0.25, -0.2) is 13.9 Å². The van der Waals surface area contributed by atoms with Crippen molar-refractivity contribution in [2.24, 2.45) is 0 Å². The Labute approximate surface area is 203 Å². The van der Waals surface area contributed by atoms with Gasteiger partial charge in [0.05, 0.1) is 13.7 Å². The molecule has 1 aliphatic carbocycles. The quantitative estimate of drug-likeness (QED) is 0.339. The molecule has 0 atom stereocenters. The van der Waals surface area contributed by atoms with E-state index < -0.39 is 17.2 Å². The second-order valence-corrected chi connectivity index (χ2v) is 9.42. The number of anilines is 1. The Morgan fingerprint density at radius 3 is 2.55 bits per heavy atom. The Kier molecular flexibility index (Phi) is 5.38. The number of amides is 1. The summed E-state index contributed by atoms with van der Waals surface area (Å²) in [7, 11) is 1.45. The molecule has 1 saturated carbocycles. The molecule has 3 aromatic rings. The molecular formula is C24H21FIN3O4. The van der Waals surface area contributed by atoms with E-state index >= 15 is 4.39 Å². The summed E-state index contributed by atoms with van der Waals surface area (Å²) < 4.78 is 27.7. The summed E-state index contributed by atoms with van der Waals surface area (Å²) in [4.78, 5) is 28.3. The molecule has 1 amide bonds. The minimum Gasteiger partial charge on any atom is -0.497 e. The van der Waals surface area contributed by atoms with Gasteiger partial charge in [0, 0.05) is 32.8 Å². The van der Waals surface area contributed by atoms with Crippen molar-refractivity contribution in [3.8, 4) is 11.4 Å². The first-order valence-electron chi connectivity index (χ1n) is 10.6. The molecule has 1 spiro atoms. The van der Waals surface area contributed by atoms with Crippen LogP contribution in [0.4, 0.5) is 10.1 Å². The molecule has 0 bridgehead atoms. The maximum Gasteiger partial charge on any atom is 0.359 e. The fourth-order valence-electron chi connectivity index (χ4n) is 4.39. The largest absolute Gasteiger partial charge is 0.497 e. The van der Waals surface area contributed by atoms with Crippen molar-refractivity contribution < 1.29 is 23.5 Å². The number of esters is 1. The molecule has 33 heavy (non-hydrogen) atoms. The van der Waals surface area contributed by atoms with Gasteiger partial charge in [-0.15, -0.1) is 0 Å². The third kappa shape index (κ3) is 3.58. The van der Waals surface area contributed by atoms with Gasteiger partial charge < -0.3 is 14.4 Å². The van der Waals surface area contributed by atoms with E-state index in [0.29, 0.717) is 17.9 Å². The van der Waals surface area contributed by atoms with Crippen LogP contribution in [0.25, 0.3) is 5.69 Å². The first-order valence-corrected chi connectivity index (χ1v) is 11.7. The Hall–Kier alpha value is -2.95. The average molecular weight is 561 g/mol. The average Bonchev–Trinajstić information content (AvgIpc) is 3.46. The number of methoxy groups -OCH3 is 1. The van der Waals surface area contributed by atoms with E-state index in [1.54, 1.807) is 17.9 Å². The lowest BCUT2D eigenvalue weighted by atomic mass is 9.88. The van der Waals surface area contributed by atoms with Crippen LogP contribution in [0.1, 0.15) is 46.3 Å². The maximum absolute atomic E-state index is 15.1. The number of carbonyl (C=O) groups is 2. The van der Waals surface area contributed by atoms with Gasteiger partial charge in [0.1, 0.15) is 17.1 Å². The lowest BCUT2D eigenvalue weighted by Gasteiger charge is -2.33. The molecule has 0 saturated heterocycles. The van der Waals surface area contributed by atoms with Gasteiger partial charge in [0.25, 0.3) is 5.91 Å². The predicted octanol–water partition coefficient (Wildman–Crippen LogP) is 4.49. The number of fused-ring (bicyclic) bond motifs is 2. The molecule has 5 rings (SSSR count). The number of halogens is 2. The van der Waals surface area contributed by atoms with E-state index in [1.165, 1.54) is 23.9 Å². The third-order valence-electron chi connectivity index (χ3n) is 6.17. The zero-order valence-electron chi connectivity index (χ0n) is 18.1. The minimum atomic E-state index is -0.612. The normalized spacial score (nSPS) is 16.0. The molecule has 0 radical (unpaired) electrons. The second-order valence-electron chi connectivity index (χ2n) is 8.17. The third-order valence-corrected chi connectivity index (χ3v) is 6.89. The first kappa shape index (κ1) is 21.9. The molecular weight excluding hydrogens is 540 g/mol. The predicted molar refractivity (Wildman–Crippen MR) is 128 cm³/mol. The fourth-order valence-corrected chi connectivity index (χ4v) is 4.75. The zero-order chi connectivity index (χ0) is 23.3. The Morgan fingerprint density at radius 1 is 1.21 bits per heavy atom. The van der Waals surface area contributed by atoms with Gasteiger partial charge in [-0.05, 0) is 78.8 Å². The van der Waals surface area contributed by atoms with E-state index in [1.807, 2.05) is 24.3 Å². The molecule has 0 unspecified atom stereocenters. The van der Waals surface area contributed by atoms with Gasteiger partial charge in [0.2, 0.25) is 0 Å². The van der Waals surface area contributed by atoms with Crippen molar-refractivity contribution in [1.29, 1.82) is 0 Å². The number of benzene rings is 2. The highest BCUT2D eigenvalue weighted by atomic mass is 127. The smallest absolute Gasteiger partial charge is 0.359 e. The van der Waals surface area contributed by atoms with E-state index in [4.69, 9.17) is 9.47 Å². The van der Waals surface area contributed by atoms with Gasteiger partial charge in [-0.3, -0.25) is 4.79 Å². The monoisotopic (exact) mass is 561 g/mol. The van der Waals surface area contributed by atoms with Crippen molar-refractivity contribution in [2.75, 3.05) is 25.2 Å². The topological polar surface area (TPSA) is 73.7 Å². The molecule has 1 aromatic heterocycles. The highest BCUT2D eigenvalue weighted by Crippen LogP contribution is 2.54. The molecule has 9 heteroatoms. The van der Waals surface area contributed by atoms with Gasteiger partial charge >= 0.3 is 5.97 Å². The number of hydrogen-bond donors (Lipinski definition) is 0. The Morgan fingerprint density at radius 2 is 1.94 bits per heavy atom. The molecule has 170 valence electrons. The van der Waals surface area contributed by atoms with Crippen LogP contribution in [0.5, 0.6) is 5.75 Å². The lowest BCUT2D eigenvalue weighted by molar-refractivity contribution is 0.0516. The van der Waals surface area contributed by atoms with Crippen molar-refractivity contribution in [3.63, 3.8) is 0 Å². The van der Waals surface area contributed by atoms with Gasteiger partial charge in [0.15, 0.2) is 11.5 Å². The van der Waals surface area contributed by atoms with Crippen LogP contribution in [-0.2, 0) is 10.2 Å². The summed E-state index contributed by atoms with van der Waals surface area (Å²) in [5.74, 6) is -1.21. The lowest BCUT2D eigenvalue weighted by Crippen LogP contribution is -2.44. The summed E-state index contributed by atoms with van der Waals surface area (Å²) in [6.07, 6.45) is 1.61. The zero-order valence-corrected chi connectivity index (χ0v) is 20.3. The van der Waals surface area contributed by atoms with Crippen LogP contribution < -0.4 is 9.64 Å². The SMILES string of the molecule is CCOC(=O)c1nn(-c2ccc(OC)cc2F)c2c1C1(CC1)CN(c1ccc(I)cc1)C2=O. The van der Waals surface area contributed by atoms with Crippen molar-refractivity contribution >= 4 is 40.2 Å². The maximum atomic E-state index is 15.1. The molecule has 0 N–H and O–H groups in total. The summed E-state index contributed by atoms with van der Waals surface area (Å²) in [6.45, 7) is 2.32. The van der Waals surface area contributed by atoms with Crippen molar-refractivity contribution in [1.82, 2.24) is 9.78 Å². The van der Waals surface area contributed by atoms with E-state index in [2.05, 4.69) is 27.7 Å². The number of rotatable bonds is 5. The summed E-state index contributed by atoms with van der Waals surface area (Å²) in [6, 6.07) is 12.0. The molecule has 7 nitrogen and oxygen atoms in total. The summed E-state index contributed by atoms with van der Waals surface area (Å²) in [5.41, 5.74) is 1.24. The van der Waals surface area contributed by atoms with Crippen LogP contribution in [0.2, 0.25) is 0 Å². The summed E-state index contributed by atoms with van der Waals surface area (Å²) in [5, 5.41) is 4.44. The van der Waals surface area contributed by atoms with Crippen LogP contribution in [0.3, 0.4) is 0 Å². The number of aromatic nitrogens is 2. The van der Waals surface area contributed by atoms with Gasteiger partial charge in [-0.1, -0.05) is 0 Å². The Bertz CT molecular complexity index is 1270. The first-order chi connectivity index (χ1) is 15.9. The molecule has 1 fully saturated rings. The fraction of sp³-hybridized carbons (Fsp3) is 0.292. The number of carbonyl (C=O) groups excluding carboxylic acids is 2. The van der Waals surface area contributed by atoms with Crippen molar-refractivity contribution in [2.45, 2.75) is 25.2 Å². The second kappa shape index (κ2) is 8.12. The number of ether oxygens (including phenoxy) is 2. The van der Waals surface area contributed by atoms with Crippen LogP contribution in [0, 0.1) is 9.39 Å². The molecule has 2 heterocycles. The number of nitrogens with zero attached hydrogens (tertiary/aromatic N) is 3. The van der Waals surface area contributed by atoms with Gasteiger partial charge in [-0.2, -0.15) is 5.10 Å². The highest BCUT2D eigenvalue weighted by Gasteiger charge is 2.56. The summed E-state index contributed by atoms with van der Waals surface area (Å²) >= 11 is 2.21. The van der Waals surface area contributed by atoms with Crippen molar-refractivity contribution in [3.05, 3.63) is 68.8 Å². The van der Waals surface area contributed by atoms with Crippen LogP contribution in [-0.4, -0.2) is 41.9 Å². The van der Waals surface area contributed by atoms with E-state index in [-0.39, 0.29) is 29.6 Å². The van der Waals surface area contributed by atoms with E-state index in [0.717, 1.165) is 22.1 Å². The van der Waals surface area contributed by atoms with Crippen LogP contribution >= 0.6 is 22.6 Å². The minimum absolute atomic E-state index is 0.0659. The molecule has 2 aliphatic rings. The molecule has 2 aromatic carbocycles. The van der Waals surface area contributed by atoms with Crippen LogP contribution in [0.15, 0.2) is 42.5 Å².